The van der Waals surface area contributed by atoms with Crippen molar-refractivity contribution in [2.75, 3.05) is 6.61 Å². The maximum absolute atomic E-state index is 12.0. The molecule has 1 aromatic heterocycles. The summed E-state index contributed by atoms with van der Waals surface area (Å²) < 4.78 is 5.04. The van der Waals surface area contributed by atoms with Crippen LogP contribution in [0, 0.1) is 19.8 Å². The van der Waals surface area contributed by atoms with Crippen LogP contribution in [0.5, 0.6) is 0 Å². The van der Waals surface area contributed by atoms with E-state index >= 15 is 0 Å². The predicted molar refractivity (Wildman–Crippen MR) is 66.0 cm³/mol. The van der Waals surface area contributed by atoms with E-state index in [1.165, 1.54) is 0 Å². The molecule has 1 aromatic rings. The fourth-order valence-electron chi connectivity index (χ4n) is 2.62. The van der Waals surface area contributed by atoms with E-state index in [0.717, 1.165) is 30.5 Å². The average molecular weight is 252 g/mol. The van der Waals surface area contributed by atoms with Crippen molar-refractivity contribution >= 4 is 5.91 Å². The number of hydrogen-bond donors (Lipinski definition) is 2. The van der Waals surface area contributed by atoms with E-state index in [2.05, 4.69) is 10.5 Å². The van der Waals surface area contributed by atoms with Gasteiger partial charge in [0.25, 0.3) is 0 Å². The molecule has 0 bridgehead atoms. The van der Waals surface area contributed by atoms with Crippen molar-refractivity contribution < 1.29 is 14.4 Å². The van der Waals surface area contributed by atoms with Crippen LogP contribution in [0.25, 0.3) is 0 Å². The number of aryl methyl sites for hydroxylation is 2. The molecule has 1 fully saturated rings. The topological polar surface area (TPSA) is 75.4 Å². The molecule has 2 atom stereocenters. The molecular weight excluding hydrogens is 232 g/mol. The Labute approximate surface area is 107 Å². The molecule has 5 heteroatoms. The highest BCUT2D eigenvalue weighted by atomic mass is 16.5. The number of hydrogen-bond acceptors (Lipinski definition) is 4. The number of carbonyl (C=O) groups is 1. The van der Waals surface area contributed by atoms with Gasteiger partial charge < -0.3 is 14.9 Å². The number of aromatic nitrogens is 1. The molecule has 2 unspecified atom stereocenters. The third-order valence-electron chi connectivity index (χ3n) is 3.76. The Morgan fingerprint density at radius 1 is 1.50 bits per heavy atom. The van der Waals surface area contributed by atoms with E-state index in [1.807, 2.05) is 13.8 Å². The third-order valence-corrected chi connectivity index (χ3v) is 3.76. The molecule has 1 aliphatic rings. The molecule has 0 spiro atoms. The average Bonchev–Trinajstić information content (AvgIpc) is 2.90. The molecule has 0 aliphatic heterocycles. The van der Waals surface area contributed by atoms with E-state index in [9.17, 15) is 9.90 Å². The lowest BCUT2D eigenvalue weighted by Gasteiger charge is -2.18. The Morgan fingerprint density at radius 2 is 2.28 bits per heavy atom. The first kappa shape index (κ1) is 13.1. The maximum Gasteiger partial charge on any atom is 0.224 e. The fourth-order valence-corrected chi connectivity index (χ4v) is 2.62. The standard InChI is InChI=1S/C13H20N2O3/c1-8-11(9(2)18-15-8)6-13(17)14-12-5-3-4-10(12)7-16/h10,12,16H,3-7H2,1-2H3,(H,14,17). The zero-order valence-corrected chi connectivity index (χ0v) is 10.9. The Bertz CT molecular complexity index is 408. The van der Waals surface area contributed by atoms with Crippen molar-refractivity contribution in [2.24, 2.45) is 5.92 Å². The summed E-state index contributed by atoms with van der Waals surface area (Å²) in [5.74, 6) is 0.890. The molecule has 0 saturated heterocycles. The Hall–Kier alpha value is -1.36. The highest BCUT2D eigenvalue weighted by Crippen LogP contribution is 2.25. The molecule has 1 aliphatic carbocycles. The molecule has 0 aromatic carbocycles. The second-order valence-electron chi connectivity index (χ2n) is 5.03. The zero-order chi connectivity index (χ0) is 13.1. The quantitative estimate of drug-likeness (QED) is 0.841. The minimum atomic E-state index is -0.0188. The number of aliphatic hydroxyl groups excluding tert-OH is 1. The molecule has 2 rings (SSSR count). The summed E-state index contributed by atoms with van der Waals surface area (Å²) in [6.07, 6.45) is 3.32. The van der Waals surface area contributed by atoms with Crippen LogP contribution in [-0.2, 0) is 11.2 Å². The largest absolute Gasteiger partial charge is 0.396 e. The van der Waals surface area contributed by atoms with Crippen LogP contribution in [0.3, 0.4) is 0 Å². The number of nitrogens with one attached hydrogen (secondary N) is 1. The van der Waals surface area contributed by atoms with Crippen molar-refractivity contribution in [1.29, 1.82) is 0 Å². The minimum Gasteiger partial charge on any atom is -0.396 e. The van der Waals surface area contributed by atoms with Crippen molar-refractivity contribution in [3.05, 3.63) is 17.0 Å². The first-order chi connectivity index (χ1) is 8.61. The summed E-state index contributed by atoms with van der Waals surface area (Å²) in [7, 11) is 0. The number of aliphatic hydroxyl groups is 1. The monoisotopic (exact) mass is 252 g/mol. The zero-order valence-electron chi connectivity index (χ0n) is 10.9. The van der Waals surface area contributed by atoms with Gasteiger partial charge in [0.1, 0.15) is 5.76 Å². The van der Waals surface area contributed by atoms with Gasteiger partial charge >= 0.3 is 0 Å². The lowest BCUT2D eigenvalue weighted by Crippen LogP contribution is -2.39. The molecule has 1 amide bonds. The Balaban J connectivity index is 1.93. The van der Waals surface area contributed by atoms with E-state index in [0.29, 0.717) is 12.2 Å². The second kappa shape index (κ2) is 5.52. The SMILES string of the molecule is Cc1noc(C)c1CC(=O)NC1CCCC1CO. The van der Waals surface area contributed by atoms with Gasteiger partial charge in [0.2, 0.25) is 5.91 Å². The van der Waals surface area contributed by atoms with E-state index in [1.54, 1.807) is 0 Å². The highest BCUT2D eigenvalue weighted by Gasteiger charge is 2.28. The Morgan fingerprint density at radius 3 is 2.89 bits per heavy atom. The summed E-state index contributed by atoms with van der Waals surface area (Å²) in [6.45, 7) is 3.80. The summed E-state index contributed by atoms with van der Waals surface area (Å²) in [6, 6.07) is 0.114. The number of amides is 1. The molecule has 5 nitrogen and oxygen atoms in total. The first-order valence-corrected chi connectivity index (χ1v) is 6.43. The number of rotatable bonds is 4. The van der Waals surface area contributed by atoms with Gasteiger partial charge in [-0.25, -0.2) is 0 Å². The van der Waals surface area contributed by atoms with E-state index in [-0.39, 0.29) is 24.5 Å². The summed E-state index contributed by atoms with van der Waals surface area (Å²) in [5.41, 5.74) is 1.64. The maximum atomic E-state index is 12.0. The van der Waals surface area contributed by atoms with Crippen molar-refractivity contribution in [3.8, 4) is 0 Å². The van der Waals surface area contributed by atoms with Crippen LogP contribution in [0.15, 0.2) is 4.52 Å². The van der Waals surface area contributed by atoms with Gasteiger partial charge in [0.05, 0.1) is 12.1 Å². The summed E-state index contributed by atoms with van der Waals surface area (Å²) in [5, 5.41) is 16.1. The van der Waals surface area contributed by atoms with Gasteiger partial charge in [-0.2, -0.15) is 0 Å². The Kier molecular flexibility index (Phi) is 4.01. The van der Waals surface area contributed by atoms with Gasteiger partial charge in [0.15, 0.2) is 0 Å². The van der Waals surface area contributed by atoms with Gasteiger partial charge in [-0.3, -0.25) is 4.79 Å². The smallest absolute Gasteiger partial charge is 0.224 e. The van der Waals surface area contributed by atoms with Crippen molar-refractivity contribution in [2.45, 2.75) is 45.6 Å². The molecule has 18 heavy (non-hydrogen) atoms. The minimum absolute atomic E-state index is 0.0188. The molecular formula is C13H20N2O3. The first-order valence-electron chi connectivity index (χ1n) is 6.43. The number of nitrogens with zero attached hydrogens (tertiary/aromatic N) is 1. The normalized spacial score (nSPS) is 23.3. The molecule has 100 valence electrons. The van der Waals surface area contributed by atoms with E-state index in [4.69, 9.17) is 4.52 Å². The predicted octanol–water partition coefficient (Wildman–Crippen LogP) is 1.11. The molecule has 2 N–H and O–H groups in total. The fraction of sp³-hybridized carbons (Fsp3) is 0.692. The molecule has 0 radical (unpaired) electrons. The van der Waals surface area contributed by atoms with Crippen LogP contribution in [0.1, 0.15) is 36.3 Å². The lowest BCUT2D eigenvalue weighted by molar-refractivity contribution is -0.121. The van der Waals surface area contributed by atoms with Crippen LogP contribution in [-0.4, -0.2) is 28.8 Å². The van der Waals surface area contributed by atoms with Gasteiger partial charge in [-0.05, 0) is 26.7 Å². The van der Waals surface area contributed by atoms with E-state index < -0.39 is 0 Å². The third kappa shape index (κ3) is 2.72. The second-order valence-corrected chi connectivity index (χ2v) is 5.03. The van der Waals surface area contributed by atoms with Crippen LogP contribution in [0.4, 0.5) is 0 Å². The summed E-state index contributed by atoms with van der Waals surface area (Å²) >= 11 is 0. The van der Waals surface area contributed by atoms with Gasteiger partial charge in [0, 0.05) is 24.1 Å². The van der Waals surface area contributed by atoms with Crippen LogP contribution >= 0.6 is 0 Å². The van der Waals surface area contributed by atoms with Crippen molar-refractivity contribution in [3.63, 3.8) is 0 Å². The summed E-state index contributed by atoms with van der Waals surface area (Å²) in [4.78, 5) is 12.0. The highest BCUT2D eigenvalue weighted by molar-refractivity contribution is 5.79. The lowest BCUT2D eigenvalue weighted by atomic mass is 10.0. The van der Waals surface area contributed by atoms with Crippen molar-refractivity contribution in [1.82, 2.24) is 10.5 Å². The molecule has 1 heterocycles. The molecule has 1 saturated carbocycles. The van der Waals surface area contributed by atoms with Crippen LogP contribution in [0.2, 0.25) is 0 Å². The van der Waals surface area contributed by atoms with Gasteiger partial charge in [-0.1, -0.05) is 11.6 Å². The number of carbonyl (C=O) groups excluding carboxylic acids is 1. The van der Waals surface area contributed by atoms with Gasteiger partial charge in [-0.15, -0.1) is 0 Å². The van der Waals surface area contributed by atoms with Crippen LogP contribution < -0.4 is 5.32 Å².